The molecule has 1 N–H and O–H groups in total. The van der Waals surface area contributed by atoms with Gasteiger partial charge in [-0.15, -0.1) is 0 Å². The van der Waals surface area contributed by atoms with Gasteiger partial charge in [0, 0.05) is 47.5 Å². The normalized spacial score (nSPS) is 38.2. The lowest BCUT2D eigenvalue weighted by molar-refractivity contribution is -0.279. The first-order valence-corrected chi connectivity index (χ1v) is 15.2. The fraction of sp³-hybridized carbons (Fsp3) is 0.656. The summed E-state index contributed by atoms with van der Waals surface area (Å²) < 4.78 is 45.8. The van der Waals surface area contributed by atoms with Gasteiger partial charge in [0.15, 0.2) is 30.0 Å². The van der Waals surface area contributed by atoms with Gasteiger partial charge in [-0.05, 0) is 24.6 Å². The Bertz CT molecular complexity index is 1440. The van der Waals surface area contributed by atoms with Crippen molar-refractivity contribution in [1.82, 2.24) is 0 Å². The number of esters is 7. The topological polar surface area (TPSA) is 217 Å². The molecular weight excluding hydrogens is 640 g/mol. The van der Waals surface area contributed by atoms with Crippen molar-refractivity contribution in [2.75, 3.05) is 13.2 Å². The Kier molecular flexibility index (Phi) is 10.1. The minimum absolute atomic E-state index is 0.169. The summed E-state index contributed by atoms with van der Waals surface area (Å²) in [5.41, 5.74) is -5.88. The predicted molar refractivity (Wildman–Crippen MR) is 156 cm³/mol. The first-order valence-electron chi connectivity index (χ1n) is 15.2. The third kappa shape index (κ3) is 6.55. The predicted octanol–water partition coefficient (Wildman–Crippen LogP) is 0.402. The van der Waals surface area contributed by atoms with E-state index in [9.17, 15) is 38.7 Å². The summed E-state index contributed by atoms with van der Waals surface area (Å²) in [4.78, 5) is 88.5. The molecule has 11 unspecified atom stereocenters. The first-order chi connectivity index (χ1) is 22.3. The van der Waals surface area contributed by atoms with Crippen LogP contribution in [0.1, 0.15) is 55.4 Å². The molecule has 16 nitrogen and oxygen atoms in total. The van der Waals surface area contributed by atoms with Crippen molar-refractivity contribution < 1.29 is 76.6 Å². The summed E-state index contributed by atoms with van der Waals surface area (Å²) >= 11 is 0. The molecule has 0 bridgehead atoms. The monoisotopic (exact) mass is 680 g/mol. The number of hydrogen-bond acceptors (Lipinski definition) is 16. The van der Waals surface area contributed by atoms with E-state index in [1.54, 1.807) is 0 Å². The van der Waals surface area contributed by atoms with E-state index < -0.39 is 107 Å². The second-order valence-corrected chi connectivity index (χ2v) is 12.6. The molecule has 2 aliphatic carbocycles. The third-order valence-electron chi connectivity index (χ3n) is 9.25. The van der Waals surface area contributed by atoms with Gasteiger partial charge in [0.1, 0.15) is 24.4 Å². The zero-order valence-electron chi connectivity index (χ0n) is 27.8. The van der Waals surface area contributed by atoms with Crippen LogP contribution >= 0.6 is 0 Å². The highest BCUT2D eigenvalue weighted by molar-refractivity contribution is 5.78. The molecule has 2 saturated heterocycles. The molecule has 2 heterocycles. The highest BCUT2D eigenvalue weighted by Gasteiger charge is 2.81. The number of aliphatic hydroxyl groups is 1. The number of hydrogen-bond donors (Lipinski definition) is 1. The van der Waals surface area contributed by atoms with E-state index in [1.165, 1.54) is 32.1 Å². The van der Waals surface area contributed by atoms with Crippen molar-refractivity contribution in [3.8, 4) is 0 Å². The van der Waals surface area contributed by atoms with E-state index in [1.807, 2.05) is 0 Å². The van der Waals surface area contributed by atoms with Crippen LogP contribution < -0.4 is 0 Å². The Morgan fingerprint density at radius 2 is 1.33 bits per heavy atom. The van der Waals surface area contributed by atoms with Crippen LogP contribution in [0, 0.1) is 17.3 Å². The van der Waals surface area contributed by atoms with Crippen LogP contribution in [-0.4, -0.2) is 108 Å². The van der Waals surface area contributed by atoms with Gasteiger partial charge >= 0.3 is 41.8 Å². The van der Waals surface area contributed by atoms with Crippen molar-refractivity contribution in [2.45, 2.75) is 103 Å². The van der Waals surface area contributed by atoms with Gasteiger partial charge in [-0.3, -0.25) is 33.6 Å². The average molecular weight is 681 g/mol. The molecular formula is C32H40O16. The number of carbonyl (C=O) groups excluding carboxylic acids is 7. The molecule has 1 spiro atoms. The summed E-state index contributed by atoms with van der Waals surface area (Å²) in [5.74, 6) is -8.72. The van der Waals surface area contributed by atoms with E-state index in [4.69, 9.17) is 37.9 Å². The summed E-state index contributed by atoms with van der Waals surface area (Å²) in [6.45, 7) is 8.75. The molecule has 3 fully saturated rings. The molecule has 0 amide bonds. The van der Waals surface area contributed by atoms with Crippen molar-refractivity contribution >= 4 is 41.8 Å². The van der Waals surface area contributed by atoms with Crippen LogP contribution in [0.4, 0.5) is 0 Å². The number of epoxide rings is 1. The van der Waals surface area contributed by atoms with Gasteiger partial charge in [0.25, 0.3) is 0 Å². The van der Waals surface area contributed by atoms with E-state index in [0.717, 1.165) is 41.5 Å². The number of rotatable bonds is 7. The van der Waals surface area contributed by atoms with Crippen LogP contribution in [0.5, 0.6) is 0 Å². The van der Waals surface area contributed by atoms with Crippen LogP contribution in [0.3, 0.4) is 0 Å². The molecule has 4 aliphatic rings. The SMILES string of the molecule is CC(=O)OCC1=CC2OC(=O)C(C)C2(O)C(OC(C)=O)C2C3(CO3)C(OC(C)=O)C(OC(C)=O)C(OC(C)=O)C2(C)C(OC(C)=O)C=C1. The average Bonchev–Trinajstić information content (AvgIpc) is 3.71. The maximum atomic E-state index is 13.2. The number of ether oxygens (including phenoxy) is 8. The standard InChI is InChI=1S/C32H40O16/c1-14-29(39)48-23-11-21(12-41-15(2)33)9-10-22(43-16(3)34)30(8)25(28(32(14,23)40)47-20(7)38)31(13-42-31)27(46-19(6)37)24(44-17(4)35)26(30)45-18(5)36/h9-11,14,22-28,40H,12-13H2,1-8H3. The van der Waals surface area contributed by atoms with Gasteiger partial charge < -0.3 is 43.0 Å². The van der Waals surface area contributed by atoms with Gasteiger partial charge in [-0.2, -0.15) is 0 Å². The van der Waals surface area contributed by atoms with Crippen molar-refractivity contribution in [3.05, 3.63) is 23.8 Å². The van der Waals surface area contributed by atoms with E-state index in [0.29, 0.717) is 0 Å². The Balaban J connectivity index is 2.16. The highest BCUT2D eigenvalue weighted by Crippen LogP contribution is 2.63. The summed E-state index contributed by atoms with van der Waals surface area (Å²) in [7, 11) is 0. The molecule has 11 atom stereocenters. The summed E-state index contributed by atoms with van der Waals surface area (Å²) in [6.07, 6.45) is -5.49. The molecule has 16 heteroatoms. The van der Waals surface area contributed by atoms with E-state index in [-0.39, 0.29) is 18.8 Å². The van der Waals surface area contributed by atoms with Crippen LogP contribution in [0.15, 0.2) is 23.8 Å². The Morgan fingerprint density at radius 3 is 1.83 bits per heavy atom. The van der Waals surface area contributed by atoms with Gasteiger partial charge in [-0.1, -0.05) is 13.0 Å². The largest absolute Gasteiger partial charge is 0.461 e. The fourth-order valence-electron chi connectivity index (χ4n) is 7.29. The molecule has 2 aliphatic heterocycles. The van der Waals surface area contributed by atoms with Crippen molar-refractivity contribution in [3.63, 3.8) is 0 Å². The minimum atomic E-state index is -2.42. The first kappa shape index (κ1) is 36.5. The van der Waals surface area contributed by atoms with Gasteiger partial charge in [0.2, 0.25) is 0 Å². The zero-order valence-corrected chi connectivity index (χ0v) is 27.8. The number of carbonyl (C=O) groups is 7. The molecule has 48 heavy (non-hydrogen) atoms. The Labute approximate surface area is 275 Å². The third-order valence-corrected chi connectivity index (χ3v) is 9.25. The summed E-state index contributed by atoms with van der Waals surface area (Å²) in [6, 6.07) is 0. The second-order valence-electron chi connectivity index (χ2n) is 12.6. The molecule has 4 rings (SSSR count). The fourth-order valence-corrected chi connectivity index (χ4v) is 7.29. The van der Waals surface area contributed by atoms with Crippen LogP contribution in [0.2, 0.25) is 0 Å². The summed E-state index contributed by atoms with van der Waals surface area (Å²) in [5, 5.41) is 12.7. The van der Waals surface area contributed by atoms with Crippen LogP contribution in [-0.2, 0) is 71.5 Å². The molecule has 264 valence electrons. The van der Waals surface area contributed by atoms with E-state index in [2.05, 4.69) is 0 Å². The maximum absolute atomic E-state index is 13.2. The van der Waals surface area contributed by atoms with Gasteiger partial charge in [-0.25, -0.2) is 0 Å². The molecule has 1 saturated carbocycles. The minimum Gasteiger partial charge on any atom is -0.461 e. The molecule has 0 aromatic heterocycles. The smallest absolute Gasteiger partial charge is 0.312 e. The lowest BCUT2D eigenvalue weighted by atomic mass is 9.51. The maximum Gasteiger partial charge on any atom is 0.312 e. The van der Waals surface area contributed by atoms with Gasteiger partial charge in [0.05, 0.1) is 17.9 Å². The Hall–Kier alpha value is -4.31. The highest BCUT2D eigenvalue weighted by atomic mass is 16.7. The van der Waals surface area contributed by atoms with E-state index >= 15 is 0 Å². The number of fused-ring (bicyclic) bond motifs is 3. The van der Waals surface area contributed by atoms with Crippen molar-refractivity contribution in [2.24, 2.45) is 17.3 Å². The van der Waals surface area contributed by atoms with Crippen molar-refractivity contribution in [1.29, 1.82) is 0 Å². The quantitative estimate of drug-likeness (QED) is 0.219. The zero-order chi connectivity index (χ0) is 35.9. The van der Waals surface area contributed by atoms with Crippen LogP contribution in [0.25, 0.3) is 0 Å². The lowest BCUT2D eigenvalue weighted by Crippen LogP contribution is -2.76. The molecule has 0 radical (unpaired) electrons. The molecule has 0 aromatic rings. The molecule has 0 aromatic carbocycles. The second kappa shape index (κ2) is 13.3. The lowest BCUT2D eigenvalue weighted by Gasteiger charge is -2.59. The Morgan fingerprint density at radius 1 is 0.812 bits per heavy atom.